The van der Waals surface area contributed by atoms with E-state index in [-0.39, 0.29) is 16.8 Å². The van der Waals surface area contributed by atoms with Crippen molar-refractivity contribution in [2.24, 2.45) is 0 Å². The Morgan fingerprint density at radius 1 is 1.50 bits per heavy atom. The van der Waals surface area contributed by atoms with Gasteiger partial charge in [-0.05, 0) is 12.8 Å². The fourth-order valence-corrected chi connectivity index (χ4v) is 1.24. The molecule has 0 spiro atoms. The smallest absolute Gasteiger partial charge is 0.271 e. The number of carbonyl (C=O) groups excluding carboxylic acids is 1. The van der Waals surface area contributed by atoms with Crippen molar-refractivity contribution in [2.75, 3.05) is 6.54 Å². The van der Waals surface area contributed by atoms with Crippen LogP contribution in [0.1, 0.15) is 29.8 Å². The van der Waals surface area contributed by atoms with E-state index in [1.54, 1.807) is 0 Å². The summed E-state index contributed by atoms with van der Waals surface area (Å²) in [5.41, 5.74) is 0.226. The van der Waals surface area contributed by atoms with Gasteiger partial charge in [0, 0.05) is 13.0 Å². The van der Waals surface area contributed by atoms with Crippen LogP contribution in [0.5, 0.6) is 0 Å². The Balaban J connectivity index is 2.33. The number of nitrogens with zero attached hydrogens (tertiary/aromatic N) is 2. The molecule has 0 atom stereocenters. The summed E-state index contributed by atoms with van der Waals surface area (Å²) in [6, 6.07) is 0. The van der Waals surface area contributed by atoms with E-state index in [4.69, 9.17) is 18.0 Å². The maximum atomic E-state index is 11.5. The second-order valence-electron chi connectivity index (χ2n) is 3.14. The number of unbranched alkanes of at least 4 members (excludes halogenated alkanes) is 2. The number of hydrogen-bond donors (Lipinski definition) is 1. The van der Waals surface area contributed by atoms with Gasteiger partial charge in [-0.2, -0.15) is 0 Å². The van der Waals surface area contributed by atoms with Crippen molar-refractivity contribution in [3.8, 4) is 12.3 Å². The number of nitrogens with one attached hydrogen (secondary N) is 1. The minimum absolute atomic E-state index is 0.208. The first-order valence-electron chi connectivity index (χ1n) is 4.93. The number of terminal acetylenes is 1. The molecule has 0 aliphatic carbocycles. The summed E-state index contributed by atoms with van der Waals surface area (Å²) in [5.74, 6) is 2.27. The number of rotatable bonds is 5. The molecule has 0 saturated heterocycles. The van der Waals surface area contributed by atoms with E-state index < -0.39 is 0 Å². The standard InChI is InChI=1S/C11H12ClN3O/c1-2-3-4-5-6-14-11(16)9-7-13-8-10(12)15-9/h1,7-8H,3-6H2,(H,14,16). The van der Waals surface area contributed by atoms with Crippen molar-refractivity contribution < 1.29 is 4.79 Å². The van der Waals surface area contributed by atoms with Gasteiger partial charge in [-0.3, -0.25) is 9.78 Å². The highest BCUT2D eigenvalue weighted by Crippen LogP contribution is 2.02. The Kier molecular flexibility index (Phi) is 5.30. The average molecular weight is 238 g/mol. The molecule has 0 bridgehead atoms. The predicted octanol–water partition coefficient (Wildman–Crippen LogP) is 1.66. The third-order valence-corrected chi connectivity index (χ3v) is 2.05. The van der Waals surface area contributed by atoms with Crippen LogP contribution in [0.3, 0.4) is 0 Å². The first-order chi connectivity index (χ1) is 7.74. The summed E-state index contributed by atoms with van der Waals surface area (Å²) in [4.78, 5) is 19.1. The Morgan fingerprint density at radius 3 is 3.00 bits per heavy atom. The second kappa shape index (κ2) is 6.81. The van der Waals surface area contributed by atoms with Gasteiger partial charge < -0.3 is 5.32 Å². The van der Waals surface area contributed by atoms with Gasteiger partial charge in [-0.1, -0.05) is 11.6 Å². The highest BCUT2D eigenvalue weighted by molar-refractivity contribution is 6.29. The molecule has 1 amide bonds. The van der Waals surface area contributed by atoms with Crippen LogP contribution in [0.25, 0.3) is 0 Å². The lowest BCUT2D eigenvalue weighted by Crippen LogP contribution is -2.25. The van der Waals surface area contributed by atoms with Gasteiger partial charge in [0.15, 0.2) is 0 Å². The molecule has 4 nitrogen and oxygen atoms in total. The van der Waals surface area contributed by atoms with E-state index in [0.717, 1.165) is 19.3 Å². The Bertz CT molecular complexity index is 400. The van der Waals surface area contributed by atoms with Crippen LogP contribution in [0.4, 0.5) is 0 Å². The highest BCUT2D eigenvalue weighted by atomic mass is 35.5. The molecule has 0 saturated carbocycles. The molecule has 84 valence electrons. The SMILES string of the molecule is C#CCCCCNC(=O)c1cncc(Cl)n1. The third-order valence-electron chi connectivity index (χ3n) is 1.87. The molecule has 16 heavy (non-hydrogen) atoms. The van der Waals surface area contributed by atoms with Crippen LogP contribution in [0.2, 0.25) is 5.15 Å². The summed E-state index contributed by atoms with van der Waals surface area (Å²) in [7, 11) is 0. The van der Waals surface area contributed by atoms with Crippen molar-refractivity contribution in [3.63, 3.8) is 0 Å². The maximum absolute atomic E-state index is 11.5. The zero-order valence-corrected chi connectivity index (χ0v) is 9.50. The van der Waals surface area contributed by atoms with Gasteiger partial charge >= 0.3 is 0 Å². The maximum Gasteiger partial charge on any atom is 0.271 e. The molecule has 0 radical (unpaired) electrons. The summed E-state index contributed by atoms with van der Waals surface area (Å²) < 4.78 is 0. The van der Waals surface area contributed by atoms with Crippen LogP contribution in [-0.2, 0) is 0 Å². The zero-order valence-electron chi connectivity index (χ0n) is 8.74. The van der Waals surface area contributed by atoms with Gasteiger partial charge in [0.05, 0.1) is 12.4 Å². The molecular weight excluding hydrogens is 226 g/mol. The van der Waals surface area contributed by atoms with Crippen LogP contribution in [0.15, 0.2) is 12.4 Å². The molecular formula is C11H12ClN3O. The van der Waals surface area contributed by atoms with Crippen LogP contribution in [-0.4, -0.2) is 22.4 Å². The van der Waals surface area contributed by atoms with E-state index in [9.17, 15) is 4.79 Å². The number of halogens is 1. The molecule has 1 N–H and O–H groups in total. The molecule has 0 unspecified atom stereocenters. The topological polar surface area (TPSA) is 54.9 Å². The largest absolute Gasteiger partial charge is 0.351 e. The molecule has 1 aromatic rings. The molecule has 0 aliphatic rings. The number of amides is 1. The van der Waals surface area contributed by atoms with Crippen molar-refractivity contribution >= 4 is 17.5 Å². The molecule has 5 heteroatoms. The summed E-state index contributed by atoms with van der Waals surface area (Å²) in [5, 5.41) is 2.92. The fraction of sp³-hybridized carbons (Fsp3) is 0.364. The monoisotopic (exact) mass is 237 g/mol. The lowest BCUT2D eigenvalue weighted by molar-refractivity contribution is 0.0947. The normalized spacial score (nSPS) is 9.50. The predicted molar refractivity (Wildman–Crippen MR) is 62.1 cm³/mol. The average Bonchev–Trinajstić information content (AvgIpc) is 2.28. The van der Waals surface area contributed by atoms with Crippen molar-refractivity contribution in [2.45, 2.75) is 19.3 Å². The van der Waals surface area contributed by atoms with E-state index in [1.807, 2.05) is 0 Å². The van der Waals surface area contributed by atoms with E-state index in [2.05, 4.69) is 21.2 Å². The van der Waals surface area contributed by atoms with E-state index in [1.165, 1.54) is 12.4 Å². The Hall–Kier alpha value is -1.60. The summed E-state index contributed by atoms with van der Waals surface area (Å²) >= 11 is 5.62. The minimum atomic E-state index is -0.268. The van der Waals surface area contributed by atoms with Crippen LogP contribution >= 0.6 is 11.6 Å². The van der Waals surface area contributed by atoms with Crippen LogP contribution < -0.4 is 5.32 Å². The van der Waals surface area contributed by atoms with Gasteiger partial charge in [-0.25, -0.2) is 4.98 Å². The molecule has 1 heterocycles. The lowest BCUT2D eigenvalue weighted by Gasteiger charge is -2.03. The molecule has 1 rings (SSSR count). The molecule has 0 aliphatic heterocycles. The number of hydrogen-bond acceptors (Lipinski definition) is 3. The van der Waals surface area contributed by atoms with Gasteiger partial charge in [0.25, 0.3) is 5.91 Å². The second-order valence-corrected chi connectivity index (χ2v) is 3.53. The Labute approximate surface area is 99.4 Å². The lowest BCUT2D eigenvalue weighted by atomic mass is 10.2. The van der Waals surface area contributed by atoms with E-state index in [0.29, 0.717) is 6.54 Å². The zero-order chi connectivity index (χ0) is 11.8. The molecule has 0 fully saturated rings. The van der Waals surface area contributed by atoms with Gasteiger partial charge in [0.1, 0.15) is 10.8 Å². The third kappa shape index (κ3) is 4.28. The van der Waals surface area contributed by atoms with Gasteiger partial charge in [-0.15, -0.1) is 12.3 Å². The van der Waals surface area contributed by atoms with E-state index >= 15 is 0 Å². The number of carbonyl (C=O) groups is 1. The van der Waals surface area contributed by atoms with Crippen LogP contribution in [0, 0.1) is 12.3 Å². The fourth-order valence-electron chi connectivity index (χ4n) is 1.10. The van der Waals surface area contributed by atoms with Gasteiger partial charge in [0.2, 0.25) is 0 Å². The van der Waals surface area contributed by atoms with Crippen molar-refractivity contribution in [3.05, 3.63) is 23.2 Å². The highest BCUT2D eigenvalue weighted by Gasteiger charge is 2.06. The number of aromatic nitrogens is 2. The first kappa shape index (κ1) is 12.5. The quantitative estimate of drug-likeness (QED) is 0.626. The van der Waals surface area contributed by atoms with Crippen molar-refractivity contribution in [1.29, 1.82) is 0 Å². The Morgan fingerprint density at radius 2 is 2.31 bits per heavy atom. The first-order valence-corrected chi connectivity index (χ1v) is 5.31. The molecule has 1 aromatic heterocycles. The minimum Gasteiger partial charge on any atom is -0.351 e. The van der Waals surface area contributed by atoms with Crippen molar-refractivity contribution in [1.82, 2.24) is 15.3 Å². The molecule has 0 aromatic carbocycles. The summed E-state index contributed by atoms with van der Waals surface area (Å²) in [6.07, 6.45) is 10.3. The summed E-state index contributed by atoms with van der Waals surface area (Å²) in [6.45, 7) is 0.578.